The third-order valence-corrected chi connectivity index (χ3v) is 9.36. The topological polar surface area (TPSA) is 93.5 Å². The van der Waals surface area contributed by atoms with Crippen molar-refractivity contribution in [1.82, 2.24) is 9.55 Å². The van der Waals surface area contributed by atoms with Crippen molar-refractivity contribution < 1.29 is 23.1 Å². The van der Waals surface area contributed by atoms with Crippen LogP contribution in [0.5, 0.6) is 0 Å². The Bertz CT molecular complexity index is 743. The molecule has 2 rings (SSSR count). The van der Waals surface area contributed by atoms with E-state index < -0.39 is 56.6 Å². The van der Waals surface area contributed by atoms with Gasteiger partial charge in [-0.3, -0.25) is 14.3 Å². The molecule has 142 valence electrons. The van der Waals surface area contributed by atoms with E-state index in [0.717, 1.165) is 0 Å². The first-order chi connectivity index (χ1) is 11.4. The van der Waals surface area contributed by atoms with E-state index in [1.165, 1.54) is 0 Å². The number of rotatable bonds is 4. The minimum Gasteiger partial charge on any atom is -0.408 e. The molecule has 1 unspecified atom stereocenters. The van der Waals surface area contributed by atoms with E-state index in [1.54, 1.807) is 4.98 Å². The molecule has 1 aliphatic rings. The van der Waals surface area contributed by atoms with Gasteiger partial charge in [-0.2, -0.15) is 4.39 Å². The van der Waals surface area contributed by atoms with Crippen molar-refractivity contribution >= 4 is 8.32 Å². The Morgan fingerprint density at radius 2 is 2.00 bits per heavy atom. The summed E-state index contributed by atoms with van der Waals surface area (Å²) in [5.41, 5.74) is -2.19. The van der Waals surface area contributed by atoms with Crippen LogP contribution in [-0.4, -0.2) is 48.0 Å². The fourth-order valence-electron chi connectivity index (χ4n) is 2.37. The molecule has 0 bridgehead atoms. The summed E-state index contributed by atoms with van der Waals surface area (Å²) < 4.78 is 40.5. The number of aliphatic hydroxyl groups is 1. The highest BCUT2D eigenvalue weighted by Gasteiger charge is 2.51. The van der Waals surface area contributed by atoms with Gasteiger partial charge in [0, 0.05) is 0 Å². The molecular weight excluding hydrogens is 354 g/mol. The summed E-state index contributed by atoms with van der Waals surface area (Å²) >= 11 is 0. The number of halogens is 2. The van der Waals surface area contributed by atoms with Crippen molar-refractivity contribution in [3.8, 4) is 0 Å². The standard InChI is InChI=1S/C15H24F2N2O5Si/c1-15(2,3)25(4,5)24-11-9(7-20)23-13(10(11)17)19-6-8(16)12(21)18-14(19)22/h6,9-11,13,20H,7H2,1-5H3,(H,18,21,22)/t9-,10+,11?,13-/m1/s1. The Balaban J connectivity index is 2.36. The normalized spacial score (nSPS) is 27.7. The molecular formula is C15H24F2N2O5Si. The zero-order valence-electron chi connectivity index (χ0n) is 14.9. The number of aliphatic hydroxyl groups excluding tert-OH is 1. The van der Waals surface area contributed by atoms with Crippen LogP contribution in [0, 0.1) is 5.82 Å². The van der Waals surface area contributed by atoms with Crippen LogP contribution in [0.1, 0.15) is 27.0 Å². The van der Waals surface area contributed by atoms with Crippen molar-refractivity contribution in [2.75, 3.05) is 6.61 Å². The Kier molecular flexibility index (Phi) is 5.38. The monoisotopic (exact) mass is 378 g/mol. The minimum atomic E-state index is -2.38. The summed E-state index contributed by atoms with van der Waals surface area (Å²) in [4.78, 5) is 24.8. The lowest BCUT2D eigenvalue weighted by molar-refractivity contribution is -0.0482. The first-order valence-corrected chi connectivity index (χ1v) is 10.9. The Morgan fingerprint density at radius 1 is 1.40 bits per heavy atom. The maximum Gasteiger partial charge on any atom is 0.330 e. The second-order valence-electron chi connectivity index (χ2n) is 7.68. The average molecular weight is 378 g/mol. The zero-order valence-corrected chi connectivity index (χ0v) is 15.9. The number of hydrogen-bond donors (Lipinski definition) is 2. The van der Waals surface area contributed by atoms with Crippen molar-refractivity contribution in [2.24, 2.45) is 0 Å². The number of aromatic nitrogens is 2. The molecule has 0 aromatic carbocycles. The van der Waals surface area contributed by atoms with Gasteiger partial charge in [0.05, 0.1) is 12.8 Å². The van der Waals surface area contributed by atoms with Crippen LogP contribution in [0.25, 0.3) is 0 Å². The second-order valence-corrected chi connectivity index (χ2v) is 12.4. The highest BCUT2D eigenvalue weighted by atomic mass is 28.4. The van der Waals surface area contributed by atoms with Crippen LogP contribution in [-0.2, 0) is 9.16 Å². The number of hydrogen-bond acceptors (Lipinski definition) is 5. The lowest BCUT2D eigenvalue weighted by Gasteiger charge is -2.39. The van der Waals surface area contributed by atoms with Crippen LogP contribution >= 0.6 is 0 Å². The van der Waals surface area contributed by atoms with Gasteiger partial charge in [0.25, 0.3) is 5.56 Å². The molecule has 0 aliphatic carbocycles. The van der Waals surface area contributed by atoms with Gasteiger partial charge in [0.15, 0.2) is 20.7 Å². The summed E-state index contributed by atoms with van der Waals surface area (Å²) in [7, 11) is -2.38. The number of alkyl halides is 1. The molecule has 0 amide bonds. The molecule has 25 heavy (non-hydrogen) atoms. The molecule has 4 atom stereocenters. The molecule has 2 N–H and O–H groups in total. The summed E-state index contributed by atoms with van der Waals surface area (Å²) in [6, 6.07) is 0. The van der Waals surface area contributed by atoms with Gasteiger partial charge in [-0.05, 0) is 18.1 Å². The van der Waals surface area contributed by atoms with E-state index in [2.05, 4.69) is 0 Å². The number of H-pyrrole nitrogens is 1. The third-order valence-electron chi connectivity index (χ3n) is 4.88. The first kappa shape index (κ1) is 20.0. The number of nitrogens with one attached hydrogen (secondary N) is 1. The smallest absolute Gasteiger partial charge is 0.330 e. The van der Waals surface area contributed by atoms with Crippen LogP contribution in [0.2, 0.25) is 18.1 Å². The predicted molar refractivity (Wildman–Crippen MR) is 89.2 cm³/mol. The van der Waals surface area contributed by atoms with Crippen LogP contribution < -0.4 is 11.2 Å². The molecule has 7 nitrogen and oxygen atoms in total. The van der Waals surface area contributed by atoms with Gasteiger partial charge in [-0.25, -0.2) is 9.18 Å². The molecule has 2 heterocycles. The molecule has 0 radical (unpaired) electrons. The van der Waals surface area contributed by atoms with Crippen LogP contribution in [0.15, 0.2) is 15.8 Å². The molecule has 1 aliphatic heterocycles. The lowest BCUT2D eigenvalue weighted by atomic mass is 10.1. The summed E-state index contributed by atoms with van der Waals surface area (Å²) in [6.07, 6.45) is -4.81. The number of aromatic amines is 1. The average Bonchev–Trinajstić information content (AvgIpc) is 2.78. The van der Waals surface area contributed by atoms with Crippen molar-refractivity contribution in [1.29, 1.82) is 0 Å². The number of ether oxygens (including phenoxy) is 1. The second kappa shape index (κ2) is 6.75. The lowest BCUT2D eigenvalue weighted by Crippen LogP contribution is -2.49. The van der Waals surface area contributed by atoms with E-state index in [0.29, 0.717) is 10.8 Å². The van der Waals surface area contributed by atoms with E-state index in [1.807, 2.05) is 33.9 Å². The Morgan fingerprint density at radius 3 is 2.52 bits per heavy atom. The molecule has 1 aromatic rings. The van der Waals surface area contributed by atoms with Crippen LogP contribution in [0.4, 0.5) is 8.78 Å². The Labute approximate surface area is 144 Å². The molecule has 1 saturated heterocycles. The summed E-state index contributed by atoms with van der Waals surface area (Å²) in [6.45, 7) is 9.28. The van der Waals surface area contributed by atoms with E-state index >= 15 is 0 Å². The summed E-state index contributed by atoms with van der Waals surface area (Å²) in [5.74, 6) is -1.23. The maximum atomic E-state index is 15.0. The van der Waals surface area contributed by atoms with Gasteiger partial charge in [0.2, 0.25) is 5.82 Å². The molecule has 1 aromatic heterocycles. The van der Waals surface area contributed by atoms with E-state index in [4.69, 9.17) is 9.16 Å². The molecule has 0 spiro atoms. The number of nitrogens with zero attached hydrogens (tertiary/aromatic N) is 1. The van der Waals surface area contributed by atoms with Crippen molar-refractivity contribution in [3.05, 3.63) is 32.9 Å². The SMILES string of the molecule is CC(C)(C)[Si](C)(C)OC1[C@@H](CO)O[C@@H](n2cc(F)c(=O)[nH]c2=O)[C@H]1F. The highest BCUT2D eigenvalue weighted by Crippen LogP contribution is 2.41. The molecule has 0 saturated carbocycles. The van der Waals surface area contributed by atoms with Crippen molar-refractivity contribution in [3.63, 3.8) is 0 Å². The molecule has 10 heteroatoms. The first-order valence-electron chi connectivity index (χ1n) is 7.98. The predicted octanol–water partition coefficient (Wildman–Crippen LogP) is 1.29. The minimum absolute atomic E-state index is 0.203. The Hall–Kier alpha value is -1.36. The highest BCUT2D eigenvalue weighted by molar-refractivity contribution is 6.74. The van der Waals surface area contributed by atoms with Gasteiger partial charge in [-0.1, -0.05) is 20.8 Å². The largest absolute Gasteiger partial charge is 0.408 e. The zero-order chi connectivity index (χ0) is 19.2. The fraction of sp³-hybridized carbons (Fsp3) is 0.733. The van der Waals surface area contributed by atoms with Gasteiger partial charge in [-0.15, -0.1) is 0 Å². The third kappa shape index (κ3) is 3.76. The maximum absolute atomic E-state index is 15.0. The van der Waals surface area contributed by atoms with Gasteiger partial charge < -0.3 is 14.3 Å². The quantitative estimate of drug-likeness (QED) is 0.770. The van der Waals surface area contributed by atoms with Gasteiger partial charge >= 0.3 is 5.69 Å². The van der Waals surface area contributed by atoms with Crippen LogP contribution in [0.3, 0.4) is 0 Å². The van der Waals surface area contributed by atoms with E-state index in [-0.39, 0.29) is 5.04 Å². The fourth-order valence-corrected chi connectivity index (χ4v) is 3.69. The molecule has 1 fully saturated rings. The summed E-state index contributed by atoms with van der Waals surface area (Å²) in [5, 5.41) is 9.31. The van der Waals surface area contributed by atoms with Gasteiger partial charge in [0.1, 0.15) is 12.2 Å². The van der Waals surface area contributed by atoms with Crippen molar-refractivity contribution in [2.45, 2.75) is 63.5 Å². The van der Waals surface area contributed by atoms with E-state index in [9.17, 15) is 23.5 Å².